The van der Waals surface area contributed by atoms with Gasteiger partial charge in [0.15, 0.2) is 5.82 Å². The second kappa shape index (κ2) is 5.82. The first-order chi connectivity index (χ1) is 9.70. The third-order valence-electron chi connectivity index (χ3n) is 2.69. The lowest BCUT2D eigenvalue weighted by molar-refractivity contribution is 0.485. The molecule has 2 rings (SSSR count). The van der Waals surface area contributed by atoms with E-state index in [0.717, 1.165) is 0 Å². The van der Waals surface area contributed by atoms with Crippen molar-refractivity contribution >= 4 is 26.0 Å². The van der Waals surface area contributed by atoms with Gasteiger partial charge in [0.05, 0.1) is 5.56 Å². The van der Waals surface area contributed by atoms with Crippen molar-refractivity contribution in [3.05, 3.63) is 28.5 Å². The fraction of sp³-hybridized carbons (Fsp3) is 0.333. The van der Waals surface area contributed by atoms with Crippen LogP contribution in [0.3, 0.4) is 0 Å². The number of hydrogen-bond acceptors (Lipinski definition) is 4. The number of hydrogen-bond donors (Lipinski definition) is 1. The molecular formula is C12H14BrFN4O2S. The van der Waals surface area contributed by atoms with Crippen molar-refractivity contribution in [2.45, 2.75) is 25.5 Å². The van der Waals surface area contributed by atoms with E-state index in [1.54, 1.807) is 6.07 Å². The molecule has 0 amide bonds. The Kier molecular flexibility index (Phi) is 4.45. The molecule has 0 unspecified atom stereocenters. The van der Waals surface area contributed by atoms with Crippen LogP contribution in [-0.4, -0.2) is 23.2 Å². The summed E-state index contributed by atoms with van der Waals surface area (Å²) in [7, 11) is -4.03. The van der Waals surface area contributed by atoms with Crippen molar-refractivity contribution in [3.63, 3.8) is 0 Å². The number of nitrogens with zero attached hydrogens (tertiary/aromatic N) is 3. The zero-order chi connectivity index (χ0) is 15.8. The Hall–Kier alpha value is -1.32. The minimum Gasteiger partial charge on any atom is -0.296 e. The maximum atomic E-state index is 14.0. The molecule has 1 heterocycles. The van der Waals surface area contributed by atoms with Crippen molar-refractivity contribution in [1.29, 1.82) is 0 Å². The van der Waals surface area contributed by atoms with E-state index in [2.05, 4.69) is 26.1 Å². The Morgan fingerprint density at radius 1 is 1.38 bits per heavy atom. The van der Waals surface area contributed by atoms with Crippen LogP contribution in [-0.2, 0) is 16.6 Å². The molecule has 0 radical (unpaired) electrons. The van der Waals surface area contributed by atoms with Gasteiger partial charge in [-0.3, -0.25) is 4.57 Å². The molecule has 0 spiro atoms. The molecule has 0 fully saturated rings. The molecule has 2 N–H and O–H groups in total. The minimum atomic E-state index is -4.03. The van der Waals surface area contributed by atoms with Gasteiger partial charge in [-0.2, -0.15) is 0 Å². The molecule has 9 heteroatoms. The van der Waals surface area contributed by atoms with E-state index in [1.807, 2.05) is 13.8 Å². The van der Waals surface area contributed by atoms with Gasteiger partial charge in [0.25, 0.3) is 15.2 Å². The van der Waals surface area contributed by atoms with Gasteiger partial charge in [-0.15, -0.1) is 10.2 Å². The van der Waals surface area contributed by atoms with E-state index in [0.29, 0.717) is 11.0 Å². The van der Waals surface area contributed by atoms with Gasteiger partial charge in [-0.1, -0.05) is 29.8 Å². The van der Waals surface area contributed by atoms with Crippen molar-refractivity contribution in [3.8, 4) is 11.4 Å². The summed E-state index contributed by atoms with van der Waals surface area (Å²) in [4.78, 5) is 0. The van der Waals surface area contributed by atoms with Crippen molar-refractivity contribution < 1.29 is 12.8 Å². The normalized spacial score (nSPS) is 12.1. The van der Waals surface area contributed by atoms with Gasteiger partial charge in [-0.25, -0.2) is 17.9 Å². The Bertz CT molecular complexity index is 774. The highest BCUT2D eigenvalue weighted by Crippen LogP contribution is 2.27. The summed E-state index contributed by atoms with van der Waals surface area (Å²) >= 11 is 3.25. The van der Waals surface area contributed by atoms with E-state index in [1.165, 1.54) is 16.7 Å². The first kappa shape index (κ1) is 16.1. The number of primary sulfonamides is 1. The molecule has 0 saturated carbocycles. The molecule has 114 valence electrons. The van der Waals surface area contributed by atoms with Crippen LogP contribution in [0.2, 0.25) is 0 Å². The third kappa shape index (κ3) is 3.47. The average Bonchev–Trinajstić information content (AvgIpc) is 2.74. The predicted molar refractivity (Wildman–Crippen MR) is 79.3 cm³/mol. The number of sulfonamides is 1. The fourth-order valence-electron chi connectivity index (χ4n) is 1.90. The molecule has 0 aliphatic heterocycles. The van der Waals surface area contributed by atoms with Crippen molar-refractivity contribution in [1.82, 2.24) is 14.8 Å². The molecule has 0 aliphatic carbocycles. The molecule has 2 aromatic rings. The third-order valence-corrected chi connectivity index (χ3v) is 3.99. The number of aromatic nitrogens is 3. The Morgan fingerprint density at radius 2 is 2.05 bits per heavy atom. The summed E-state index contributed by atoms with van der Waals surface area (Å²) in [5, 5.41) is 12.2. The fourth-order valence-corrected chi connectivity index (χ4v) is 2.88. The first-order valence-electron chi connectivity index (χ1n) is 6.11. The van der Waals surface area contributed by atoms with Gasteiger partial charge >= 0.3 is 0 Å². The van der Waals surface area contributed by atoms with Crippen molar-refractivity contribution in [2.75, 3.05) is 0 Å². The van der Waals surface area contributed by atoms with E-state index in [4.69, 9.17) is 5.14 Å². The molecule has 0 atom stereocenters. The van der Waals surface area contributed by atoms with Gasteiger partial charge in [0, 0.05) is 11.0 Å². The monoisotopic (exact) mass is 376 g/mol. The predicted octanol–water partition coefficient (Wildman–Crippen LogP) is 2.15. The van der Waals surface area contributed by atoms with Gasteiger partial charge in [-0.05, 0) is 24.1 Å². The van der Waals surface area contributed by atoms with Gasteiger partial charge in [0.1, 0.15) is 5.82 Å². The molecule has 0 bridgehead atoms. The van der Waals surface area contributed by atoms with Crippen LogP contribution in [0.1, 0.15) is 13.8 Å². The molecule has 1 aromatic heterocycles. The lowest BCUT2D eigenvalue weighted by atomic mass is 10.2. The summed E-state index contributed by atoms with van der Waals surface area (Å²) in [6.45, 7) is 4.10. The molecule has 0 saturated heterocycles. The highest BCUT2D eigenvalue weighted by atomic mass is 79.9. The van der Waals surface area contributed by atoms with E-state index in [-0.39, 0.29) is 22.5 Å². The Morgan fingerprint density at radius 3 is 2.62 bits per heavy atom. The molecule has 21 heavy (non-hydrogen) atoms. The zero-order valence-corrected chi connectivity index (χ0v) is 13.8. The summed E-state index contributed by atoms with van der Waals surface area (Å²) in [6, 6.07) is 4.33. The quantitative estimate of drug-likeness (QED) is 0.884. The van der Waals surface area contributed by atoms with E-state index < -0.39 is 15.8 Å². The van der Waals surface area contributed by atoms with Crippen LogP contribution < -0.4 is 5.14 Å². The number of rotatable bonds is 4. The lowest BCUT2D eigenvalue weighted by Gasteiger charge is -2.12. The minimum absolute atomic E-state index is 0.107. The molecule has 0 aliphatic rings. The maximum absolute atomic E-state index is 14.0. The SMILES string of the molecule is CC(C)Cn1c(-c2cc(Br)ccc2F)nnc1S(N)(=O)=O. The molecular weight excluding hydrogens is 363 g/mol. The van der Waals surface area contributed by atoms with Gasteiger partial charge < -0.3 is 0 Å². The Balaban J connectivity index is 2.69. The summed E-state index contributed by atoms with van der Waals surface area (Å²) in [5.74, 6) is -0.279. The van der Waals surface area contributed by atoms with Crippen LogP contribution in [0, 0.1) is 11.7 Å². The smallest absolute Gasteiger partial charge is 0.273 e. The Labute approximate surface area is 130 Å². The summed E-state index contributed by atoms with van der Waals surface area (Å²) in [5.41, 5.74) is 0.160. The molecule has 6 nitrogen and oxygen atoms in total. The summed E-state index contributed by atoms with van der Waals surface area (Å²) < 4.78 is 39.1. The van der Waals surface area contributed by atoms with Crippen LogP contribution in [0.15, 0.2) is 27.8 Å². The summed E-state index contributed by atoms with van der Waals surface area (Å²) in [6.07, 6.45) is 0. The first-order valence-corrected chi connectivity index (χ1v) is 8.45. The van der Waals surface area contributed by atoms with Crippen LogP contribution in [0.4, 0.5) is 4.39 Å². The highest BCUT2D eigenvalue weighted by molar-refractivity contribution is 9.10. The van der Waals surface area contributed by atoms with Gasteiger partial charge in [0.2, 0.25) is 0 Å². The van der Waals surface area contributed by atoms with E-state index in [9.17, 15) is 12.8 Å². The van der Waals surface area contributed by atoms with Crippen LogP contribution >= 0.6 is 15.9 Å². The topological polar surface area (TPSA) is 90.9 Å². The van der Waals surface area contributed by atoms with Crippen LogP contribution in [0.5, 0.6) is 0 Å². The average molecular weight is 377 g/mol. The maximum Gasteiger partial charge on any atom is 0.273 e. The van der Waals surface area contributed by atoms with E-state index >= 15 is 0 Å². The zero-order valence-electron chi connectivity index (χ0n) is 11.4. The van der Waals surface area contributed by atoms with Crippen LogP contribution in [0.25, 0.3) is 11.4 Å². The second-order valence-corrected chi connectivity index (χ2v) is 7.35. The lowest BCUT2D eigenvalue weighted by Crippen LogP contribution is -2.20. The molecule has 1 aromatic carbocycles. The number of nitrogens with two attached hydrogens (primary N) is 1. The highest BCUT2D eigenvalue weighted by Gasteiger charge is 2.24. The standard InChI is InChI=1S/C12H14BrFN4O2S/c1-7(2)6-18-11(16-17-12(18)21(15,19)20)9-5-8(13)3-4-10(9)14/h3-5,7H,6H2,1-2H3,(H2,15,19,20). The number of halogens is 2. The second-order valence-electron chi connectivity index (χ2n) is 4.98. The largest absolute Gasteiger partial charge is 0.296 e. The number of benzene rings is 1. The van der Waals surface area contributed by atoms with Crippen molar-refractivity contribution in [2.24, 2.45) is 11.1 Å².